The summed E-state index contributed by atoms with van der Waals surface area (Å²) in [6.45, 7) is 10.4. The quantitative estimate of drug-likeness (QED) is 0.602. The molecule has 0 spiro atoms. The number of anilines is 1. The van der Waals surface area contributed by atoms with Crippen LogP contribution >= 0.6 is 0 Å². The molecule has 7 nitrogen and oxygen atoms in total. The van der Waals surface area contributed by atoms with Gasteiger partial charge in [0.2, 0.25) is 0 Å². The van der Waals surface area contributed by atoms with E-state index in [0.717, 1.165) is 57.5 Å². The summed E-state index contributed by atoms with van der Waals surface area (Å²) in [5.74, 6) is 2.54. The Labute approximate surface area is 162 Å². The molecular weight excluding hydrogens is 342 g/mol. The lowest BCUT2D eigenvalue weighted by Crippen LogP contribution is -2.54. The van der Waals surface area contributed by atoms with Crippen LogP contribution in [0.2, 0.25) is 0 Å². The molecule has 3 atom stereocenters. The van der Waals surface area contributed by atoms with Gasteiger partial charge in [-0.2, -0.15) is 0 Å². The number of hydrogen-bond acceptors (Lipinski definition) is 5. The van der Waals surface area contributed by atoms with Crippen LogP contribution in [0.4, 0.5) is 5.82 Å². The van der Waals surface area contributed by atoms with Crippen LogP contribution in [-0.2, 0) is 9.47 Å². The van der Waals surface area contributed by atoms with Crippen LogP contribution in [0, 0.1) is 5.92 Å². The highest BCUT2D eigenvalue weighted by Crippen LogP contribution is 2.21. The van der Waals surface area contributed by atoms with Crippen LogP contribution in [0.25, 0.3) is 0 Å². The van der Waals surface area contributed by atoms with Gasteiger partial charge in [0.1, 0.15) is 5.82 Å². The minimum absolute atomic E-state index is 0.222. The summed E-state index contributed by atoms with van der Waals surface area (Å²) in [4.78, 5) is 14.1. The number of nitrogens with one attached hydrogen (secondary N) is 1. The van der Waals surface area contributed by atoms with Gasteiger partial charge in [-0.05, 0) is 32.4 Å². The number of aromatic nitrogens is 1. The fourth-order valence-electron chi connectivity index (χ4n) is 3.66. The summed E-state index contributed by atoms with van der Waals surface area (Å²) in [5.41, 5.74) is 0. The molecule has 0 aliphatic carbocycles. The van der Waals surface area contributed by atoms with Crippen LogP contribution < -0.4 is 10.2 Å². The Kier molecular flexibility index (Phi) is 7.29. The van der Waals surface area contributed by atoms with Crippen LogP contribution in [0.5, 0.6) is 0 Å². The van der Waals surface area contributed by atoms with Crippen LogP contribution in [0.3, 0.4) is 0 Å². The first-order valence-electron chi connectivity index (χ1n) is 10.00. The third-order valence-electron chi connectivity index (χ3n) is 5.35. The zero-order valence-electron chi connectivity index (χ0n) is 16.8. The van der Waals surface area contributed by atoms with Crippen molar-refractivity contribution in [3.05, 3.63) is 24.4 Å². The first-order valence-corrected chi connectivity index (χ1v) is 10.00. The van der Waals surface area contributed by atoms with E-state index in [1.165, 1.54) is 0 Å². The molecule has 27 heavy (non-hydrogen) atoms. The summed E-state index contributed by atoms with van der Waals surface area (Å²) in [6, 6.07) is 6.30. The fraction of sp³-hybridized carbons (Fsp3) is 0.700. The molecular formula is C20H33N5O2. The van der Waals surface area contributed by atoms with Crippen molar-refractivity contribution in [1.82, 2.24) is 15.2 Å². The Balaban J connectivity index is 1.61. The standard InChI is InChI=1S/C20H33N5O2/c1-16(15-26-3)23-20(22-14-18-7-13-27-17(18)2)25-11-9-24(10-12-25)19-6-4-5-8-21-19/h4-6,8,16-18H,7,9-15H2,1-3H3,(H,22,23). The number of rotatable bonds is 6. The molecule has 3 rings (SSSR count). The van der Waals surface area contributed by atoms with Crippen molar-refractivity contribution < 1.29 is 9.47 Å². The van der Waals surface area contributed by atoms with Gasteiger partial charge in [0.15, 0.2) is 5.96 Å². The van der Waals surface area contributed by atoms with E-state index in [-0.39, 0.29) is 6.04 Å². The summed E-state index contributed by atoms with van der Waals surface area (Å²) >= 11 is 0. The second-order valence-electron chi connectivity index (χ2n) is 7.45. The summed E-state index contributed by atoms with van der Waals surface area (Å²) < 4.78 is 11.0. The maximum Gasteiger partial charge on any atom is 0.194 e. The molecule has 0 bridgehead atoms. The Morgan fingerprint density at radius 2 is 2.19 bits per heavy atom. The van der Waals surface area contributed by atoms with Gasteiger partial charge < -0.3 is 24.6 Å². The molecule has 2 saturated heterocycles. The highest BCUT2D eigenvalue weighted by Gasteiger charge is 2.26. The van der Waals surface area contributed by atoms with Crippen molar-refractivity contribution in [2.75, 3.05) is 57.9 Å². The van der Waals surface area contributed by atoms with Gasteiger partial charge in [0, 0.05) is 64.6 Å². The summed E-state index contributed by atoms with van der Waals surface area (Å²) in [6.07, 6.45) is 3.25. The maximum absolute atomic E-state index is 5.69. The molecule has 0 saturated carbocycles. The minimum atomic E-state index is 0.222. The Bertz CT molecular complexity index is 589. The predicted molar refractivity (Wildman–Crippen MR) is 108 cm³/mol. The van der Waals surface area contributed by atoms with Gasteiger partial charge in [0.05, 0.1) is 12.7 Å². The number of guanidine groups is 1. The molecule has 1 aromatic rings. The van der Waals surface area contributed by atoms with Gasteiger partial charge in [-0.25, -0.2) is 4.98 Å². The SMILES string of the molecule is COCC(C)NC(=NCC1CCOC1C)N1CCN(c2ccccn2)CC1. The maximum atomic E-state index is 5.69. The third-order valence-corrected chi connectivity index (χ3v) is 5.35. The van der Waals surface area contributed by atoms with E-state index < -0.39 is 0 Å². The molecule has 150 valence electrons. The Morgan fingerprint density at radius 1 is 1.37 bits per heavy atom. The number of hydrogen-bond donors (Lipinski definition) is 1. The number of methoxy groups -OCH3 is 1. The molecule has 3 heterocycles. The van der Waals surface area contributed by atoms with Gasteiger partial charge >= 0.3 is 0 Å². The largest absolute Gasteiger partial charge is 0.383 e. The van der Waals surface area contributed by atoms with E-state index in [0.29, 0.717) is 18.6 Å². The summed E-state index contributed by atoms with van der Waals surface area (Å²) in [5, 5.41) is 3.56. The van der Waals surface area contributed by atoms with Crippen LogP contribution in [-0.4, -0.2) is 81.0 Å². The lowest BCUT2D eigenvalue weighted by Gasteiger charge is -2.38. The minimum Gasteiger partial charge on any atom is -0.383 e. The molecule has 2 fully saturated rings. The zero-order valence-corrected chi connectivity index (χ0v) is 16.8. The van der Waals surface area contributed by atoms with E-state index in [4.69, 9.17) is 14.5 Å². The first-order chi connectivity index (χ1) is 13.2. The van der Waals surface area contributed by atoms with Crippen molar-refractivity contribution in [1.29, 1.82) is 0 Å². The predicted octanol–water partition coefficient (Wildman–Crippen LogP) is 1.61. The van der Waals surface area contributed by atoms with Crippen molar-refractivity contribution >= 4 is 11.8 Å². The van der Waals surface area contributed by atoms with Crippen molar-refractivity contribution in [3.63, 3.8) is 0 Å². The number of piperazine rings is 1. The molecule has 0 amide bonds. The Morgan fingerprint density at radius 3 is 2.81 bits per heavy atom. The lowest BCUT2D eigenvalue weighted by atomic mass is 10.0. The van der Waals surface area contributed by atoms with Gasteiger partial charge in [0.25, 0.3) is 0 Å². The average Bonchev–Trinajstić information content (AvgIpc) is 3.11. The lowest BCUT2D eigenvalue weighted by molar-refractivity contribution is 0.107. The van der Waals surface area contributed by atoms with Crippen LogP contribution in [0.15, 0.2) is 29.4 Å². The molecule has 2 aliphatic rings. The second kappa shape index (κ2) is 9.90. The van der Waals surface area contributed by atoms with E-state index in [1.54, 1.807) is 7.11 Å². The molecule has 0 aromatic carbocycles. The Hall–Kier alpha value is -1.86. The van der Waals surface area contributed by atoms with Crippen molar-refractivity contribution in [3.8, 4) is 0 Å². The highest BCUT2D eigenvalue weighted by atomic mass is 16.5. The van der Waals surface area contributed by atoms with E-state index in [9.17, 15) is 0 Å². The van der Waals surface area contributed by atoms with Gasteiger partial charge in [-0.3, -0.25) is 4.99 Å². The van der Waals surface area contributed by atoms with Crippen molar-refractivity contribution in [2.45, 2.75) is 32.4 Å². The normalized spacial score (nSPS) is 24.9. The second-order valence-corrected chi connectivity index (χ2v) is 7.45. The third kappa shape index (κ3) is 5.56. The summed E-state index contributed by atoms with van der Waals surface area (Å²) in [7, 11) is 1.73. The molecule has 3 unspecified atom stereocenters. The monoisotopic (exact) mass is 375 g/mol. The van der Waals surface area contributed by atoms with Gasteiger partial charge in [-0.15, -0.1) is 0 Å². The molecule has 7 heteroatoms. The van der Waals surface area contributed by atoms with Crippen molar-refractivity contribution in [2.24, 2.45) is 10.9 Å². The highest BCUT2D eigenvalue weighted by molar-refractivity contribution is 5.80. The molecule has 1 aromatic heterocycles. The average molecular weight is 376 g/mol. The number of ether oxygens (including phenoxy) is 2. The molecule has 2 aliphatic heterocycles. The smallest absolute Gasteiger partial charge is 0.194 e. The van der Waals surface area contributed by atoms with E-state index >= 15 is 0 Å². The van der Waals surface area contributed by atoms with E-state index in [2.05, 4.69) is 40.0 Å². The number of nitrogens with zero attached hydrogens (tertiary/aromatic N) is 4. The van der Waals surface area contributed by atoms with Crippen LogP contribution in [0.1, 0.15) is 20.3 Å². The fourth-order valence-corrected chi connectivity index (χ4v) is 3.66. The number of aliphatic imine (C=N–C) groups is 1. The zero-order chi connectivity index (χ0) is 19.1. The van der Waals surface area contributed by atoms with Gasteiger partial charge in [-0.1, -0.05) is 6.07 Å². The topological polar surface area (TPSA) is 62.2 Å². The number of pyridine rings is 1. The first kappa shape index (κ1) is 19.9. The molecule has 0 radical (unpaired) electrons. The van der Waals surface area contributed by atoms with E-state index in [1.807, 2.05) is 18.3 Å². The molecule has 1 N–H and O–H groups in total.